The number of amidine groups is 1. The van der Waals surface area contributed by atoms with E-state index >= 15 is 0 Å². The third kappa shape index (κ3) is 3.41. The molecule has 8 nitrogen and oxygen atoms in total. The number of hydrogen-bond donors (Lipinski definition) is 2. The fraction of sp³-hybridized carbons (Fsp3) is 0.200. The van der Waals surface area contributed by atoms with Crippen molar-refractivity contribution in [1.82, 2.24) is 9.55 Å². The Hall–Kier alpha value is -4.10. The fourth-order valence-corrected chi connectivity index (χ4v) is 3.58. The first-order valence-electron chi connectivity index (χ1n) is 9.42. The number of hydrogen-bond acceptors (Lipinski definition) is 5. The highest BCUT2D eigenvalue weighted by molar-refractivity contribution is 6.09. The van der Waals surface area contributed by atoms with Crippen molar-refractivity contribution in [3.8, 4) is 11.4 Å². The number of anilines is 1. The Balaban J connectivity index is 2.15. The average molecular weight is 486 g/mol. The quantitative estimate of drug-likeness (QED) is 0.556. The molecule has 3 heterocycles. The van der Waals surface area contributed by atoms with Crippen molar-refractivity contribution in [2.75, 3.05) is 12.4 Å². The first-order valence-corrected chi connectivity index (χ1v) is 9.42. The molecule has 0 unspecified atom stereocenters. The highest BCUT2D eigenvalue weighted by Gasteiger charge is 2.75. The van der Waals surface area contributed by atoms with Gasteiger partial charge in [0, 0.05) is 17.7 Å². The summed E-state index contributed by atoms with van der Waals surface area (Å²) in [5, 5.41) is 2.34. The molecule has 14 heteroatoms. The normalized spacial score (nSPS) is 15.2. The summed E-state index contributed by atoms with van der Waals surface area (Å²) < 4.78 is 91.0. The summed E-state index contributed by atoms with van der Waals surface area (Å²) in [6.45, 7) is 0. The molecule has 0 atom stereocenters. The first kappa shape index (κ1) is 23.1. The SMILES string of the molecule is COc1ccc(-n2c3c(c(=O)[nH]c2=O)C(C(F)(F)F)(C(F)(F)F)N=C(c2cc[nH+]cc2)N3)cc1. The number of pyridine rings is 1. The van der Waals surface area contributed by atoms with Crippen molar-refractivity contribution < 1.29 is 36.1 Å². The molecule has 0 amide bonds. The minimum atomic E-state index is -6.09. The van der Waals surface area contributed by atoms with Crippen LogP contribution in [0, 0.1) is 0 Å². The number of H-pyrrole nitrogens is 2. The van der Waals surface area contributed by atoms with Crippen molar-refractivity contribution in [3.63, 3.8) is 0 Å². The molecule has 2 aromatic heterocycles. The number of aromatic nitrogens is 3. The number of methoxy groups -OCH3 is 1. The minimum absolute atomic E-state index is 0.133. The predicted octanol–water partition coefficient (Wildman–Crippen LogP) is 2.54. The maximum absolute atomic E-state index is 14.3. The summed E-state index contributed by atoms with van der Waals surface area (Å²) in [6, 6.07) is 7.49. The number of ether oxygens (including phenoxy) is 1. The summed E-state index contributed by atoms with van der Waals surface area (Å²) in [5.74, 6) is -1.56. The van der Waals surface area contributed by atoms with Crippen LogP contribution in [0.2, 0.25) is 0 Å². The van der Waals surface area contributed by atoms with Gasteiger partial charge in [-0.2, -0.15) is 26.3 Å². The zero-order valence-corrected chi connectivity index (χ0v) is 17.0. The van der Waals surface area contributed by atoms with E-state index in [2.05, 4.69) is 15.3 Å². The van der Waals surface area contributed by atoms with Gasteiger partial charge < -0.3 is 10.1 Å². The molecule has 34 heavy (non-hydrogen) atoms. The lowest BCUT2D eigenvalue weighted by atomic mass is 9.87. The largest absolute Gasteiger partial charge is 0.497 e. The smallest absolute Gasteiger partial charge is 0.427 e. The van der Waals surface area contributed by atoms with Crippen molar-refractivity contribution in [1.29, 1.82) is 0 Å². The van der Waals surface area contributed by atoms with Gasteiger partial charge in [-0.15, -0.1) is 0 Å². The Morgan fingerprint density at radius 1 is 0.971 bits per heavy atom. The van der Waals surface area contributed by atoms with E-state index in [0.29, 0.717) is 10.3 Å². The molecule has 0 bridgehead atoms. The molecule has 3 aromatic rings. The summed E-state index contributed by atoms with van der Waals surface area (Å²) in [4.78, 5) is 32.3. The average Bonchev–Trinajstić information content (AvgIpc) is 2.77. The lowest BCUT2D eigenvalue weighted by Crippen LogP contribution is -2.59. The van der Waals surface area contributed by atoms with Gasteiger partial charge in [0.15, 0.2) is 12.4 Å². The minimum Gasteiger partial charge on any atom is -0.497 e. The van der Waals surface area contributed by atoms with Crippen molar-refractivity contribution in [3.05, 3.63) is 80.8 Å². The fourth-order valence-electron chi connectivity index (χ4n) is 3.58. The summed E-state index contributed by atoms with van der Waals surface area (Å²) in [7, 11) is 1.34. The molecule has 3 N–H and O–H groups in total. The van der Waals surface area contributed by atoms with Crippen LogP contribution in [0.25, 0.3) is 5.69 Å². The zero-order valence-electron chi connectivity index (χ0n) is 17.0. The van der Waals surface area contributed by atoms with Crippen LogP contribution in [0.4, 0.5) is 32.2 Å². The van der Waals surface area contributed by atoms with Crippen LogP contribution in [0.5, 0.6) is 5.75 Å². The Kier molecular flexibility index (Phi) is 5.25. The molecular formula is C20H14F6N5O3+. The summed E-state index contributed by atoms with van der Waals surface area (Å²) >= 11 is 0. The zero-order chi connectivity index (χ0) is 24.9. The molecule has 178 valence electrons. The van der Waals surface area contributed by atoms with E-state index in [1.165, 1.54) is 55.9 Å². The van der Waals surface area contributed by atoms with E-state index in [1.807, 2.05) is 0 Å². The number of rotatable bonds is 3. The van der Waals surface area contributed by atoms with Crippen molar-refractivity contribution in [2.45, 2.75) is 17.9 Å². The number of alkyl halides is 6. The van der Waals surface area contributed by atoms with Crippen LogP contribution in [-0.4, -0.2) is 34.8 Å². The second kappa shape index (κ2) is 7.74. The van der Waals surface area contributed by atoms with Crippen LogP contribution in [0.15, 0.2) is 63.4 Å². The molecule has 0 aliphatic carbocycles. The number of halogens is 6. The maximum atomic E-state index is 14.3. The van der Waals surface area contributed by atoms with E-state index in [-0.39, 0.29) is 11.3 Å². The van der Waals surface area contributed by atoms with Gasteiger partial charge in [0.05, 0.1) is 12.8 Å². The van der Waals surface area contributed by atoms with Gasteiger partial charge >= 0.3 is 18.0 Å². The molecule has 0 saturated heterocycles. The highest BCUT2D eigenvalue weighted by Crippen LogP contribution is 2.55. The summed E-state index contributed by atoms with van der Waals surface area (Å²) in [5.41, 5.74) is -10.2. The third-order valence-corrected chi connectivity index (χ3v) is 5.13. The molecule has 0 spiro atoms. The molecule has 0 saturated carbocycles. The van der Waals surface area contributed by atoms with E-state index in [1.54, 1.807) is 4.98 Å². The third-order valence-electron chi connectivity index (χ3n) is 5.13. The number of fused-ring (bicyclic) bond motifs is 1. The lowest BCUT2D eigenvalue weighted by Gasteiger charge is -2.38. The van der Waals surface area contributed by atoms with Crippen LogP contribution in [0.1, 0.15) is 11.1 Å². The number of nitrogens with zero attached hydrogens (tertiary/aromatic N) is 2. The van der Waals surface area contributed by atoms with E-state index in [4.69, 9.17) is 4.74 Å². The number of nitrogens with one attached hydrogen (secondary N) is 3. The second-order valence-electron chi connectivity index (χ2n) is 7.10. The van der Waals surface area contributed by atoms with Gasteiger partial charge in [-0.1, -0.05) is 0 Å². The second-order valence-corrected chi connectivity index (χ2v) is 7.10. The maximum Gasteiger partial charge on any atom is 0.427 e. The van der Waals surface area contributed by atoms with Crippen LogP contribution < -0.4 is 26.3 Å². The van der Waals surface area contributed by atoms with Crippen LogP contribution in [-0.2, 0) is 5.54 Å². The van der Waals surface area contributed by atoms with Gasteiger partial charge in [-0.05, 0) is 24.3 Å². The Morgan fingerprint density at radius 3 is 2.09 bits per heavy atom. The van der Waals surface area contributed by atoms with E-state index < -0.39 is 46.4 Å². The molecule has 0 radical (unpaired) electrons. The molecule has 0 fully saturated rings. The van der Waals surface area contributed by atoms with Gasteiger partial charge in [0.1, 0.15) is 23.0 Å². The Bertz CT molecular complexity index is 1360. The predicted molar refractivity (Wildman–Crippen MR) is 106 cm³/mol. The first-order chi connectivity index (χ1) is 15.9. The summed E-state index contributed by atoms with van der Waals surface area (Å²) in [6.07, 6.45) is -9.68. The van der Waals surface area contributed by atoms with Crippen molar-refractivity contribution >= 4 is 11.7 Å². The molecule has 4 rings (SSSR count). The Morgan fingerprint density at radius 2 is 1.56 bits per heavy atom. The van der Waals surface area contributed by atoms with Gasteiger partial charge in [0.2, 0.25) is 0 Å². The van der Waals surface area contributed by atoms with Crippen LogP contribution in [0.3, 0.4) is 0 Å². The molecular weight excluding hydrogens is 472 g/mol. The Labute approximate surface area is 185 Å². The standard InChI is InChI=1S/C20H13F6N5O3/c1-34-12-4-2-11(3-5-12)31-15-13(16(32)29-17(31)33)18(19(21,22)23,20(24,25)26)30-14(28-15)10-6-8-27-9-7-10/h2-9H,1H3,(H,28,30)(H,29,32,33)/p+1. The molecule has 1 aliphatic rings. The van der Waals surface area contributed by atoms with E-state index in [9.17, 15) is 35.9 Å². The number of aliphatic imine (C=N–C) groups is 1. The van der Waals surface area contributed by atoms with Crippen molar-refractivity contribution in [2.24, 2.45) is 4.99 Å². The lowest BCUT2D eigenvalue weighted by molar-refractivity contribution is -0.378. The number of aromatic amines is 2. The highest BCUT2D eigenvalue weighted by atomic mass is 19.4. The van der Waals surface area contributed by atoms with E-state index in [0.717, 1.165) is 0 Å². The number of benzene rings is 1. The van der Waals surface area contributed by atoms with Crippen LogP contribution >= 0.6 is 0 Å². The molecule has 1 aromatic carbocycles. The molecule has 1 aliphatic heterocycles. The van der Waals surface area contributed by atoms with Gasteiger partial charge in [-0.3, -0.25) is 9.78 Å². The topological polar surface area (TPSA) is 103 Å². The van der Waals surface area contributed by atoms with Gasteiger partial charge in [-0.25, -0.2) is 19.3 Å². The van der Waals surface area contributed by atoms with Gasteiger partial charge in [0.25, 0.3) is 11.1 Å². The monoisotopic (exact) mass is 486 g/mol.